The van der Waals surface area contributed by atoms with Crippen LogP contribution < -0.4 is 16.0 Å². The van der Waals surface area contributed by atoms with Crippen LogP contribution in [0.4, 0.5) is 4.79 Å². The fraction of sp³-hybridized carbons (Fsp3) is 0.867. The normalized spacial score (nSPS) is 13.4. The molecule has 0 fully saturated rings. The number of alkyl carbamates (subject to hydrolysis) is 1. The molecule has 1 unspecified atom stereocenters. The first-order chi connectivity index (χ1) is 10.9. The summed E-state index contributed by atoms with van der Waals surface area (Å²) < 4.78 is 27.5. The second-order valence-corrected chi connectivity index (χ2v) is 9.00. The smallest absolute Gasteiger partial charge is 0.407 e. The van der Waals surface area contributed by atoms with Crippen molar-refractivity contribution in [2.75, 3.05) is 32.1 Å². The lowest BCUT2D eigenvalue weighted by Crippen LogP contribution is -2.43. The molecule has 0 bridgehead atoms. The van der Waals surface area contributed by atoms with Gasteiger partial charge in [0.1, 0.15) is 15.4 Å². The Hall–Kier alpha value is -0.780. The molecule has 0 spiro atoms. The molecule has 0 rings (SSSR count). The number of guanidine groups is 1. The summed E-state index contributed by atoms with van der Waals surface area (Å²) in [5.74, 6) is 0.742. The number of hydrogen-bond donors (Lipinski definition) is 3. The standard InChI is InChI=1S/C15H32N4O4S.HI/c1-12(8-11-24(6,21)22)19-13(16-5)17-9-7-10-18-14(20)23-15(2,3)4;/h12H,7-11H2,1-6H3,(H,18,20)(H2,16,17,19);1H. The molecule has 0 saturated carbocycles. The lowest BCUT2D eigenvalue weighted by Gasteiger charge is -2.20. The van der Waals surface area contributed by atoms with Gasteiger partial charge in [-0.3, -0.25) is 4.99 Å². The minimum atomic E-state index is -2.96. The summed E-state index contributed by atoms with van der Waals surface area (Å²) in [5.41, 5.74) is -0.504. The summed E-state index contributed by atoms with van der Waals surface area (Å²) >= 11 is 0. The van der Waals surface area contributed by atoms with Crippen LogP contribution in [-0.4, -0.2) is 64.3 Å². The minimum Gasteiger partial charge on any atom is -0.444 e. The van der Waals surface area contributed by atoms with Crippen molar-refractivity contribution in [2.45, 2.75) is 52.2 Å². The molecule has 150 valence electrons. The van der Waals surface area contributed by atoms with E-state index in [1.165, 1.54) is 6.26 Å². The molecule has 1 amide bonds. The zero-order chi connectivity index (χ0) is 18.8. The van der Waals surface area contributed by atoms with Crippen molar-refractivity contribution in [2.24, 2.45) is 4.99 Å². The van der Waals surface area contributed by atoms with Crippen molar-refractivity contribution < 1.29 is 17.9 Å². The van der Waals surface area contributed by atoms with Gasteiger partial charge in [0.15, 0.2) is 5.96 Å². The van der Waals surface area contributed by atoms with Gasteiger partial charge < -0.3 is 20.7 Å². The van der Waals surface area contributed by atoms with Crippen LogP contribution in [0.3, 0.4) is 0 Å². The average molecular weight is 492 g/mol. The first kappa shape index (κ1) is 26.4. The van der Waals surface area contributed by atoms with E-state index in [0.29, 0.717) is 31.9 Å². The SMILES string of the molecule is CN=C(NCCCNC(=O)OC(C)(C)C)NC(C)CCS(C)(=O)=O.I. The van der Waals surface area contributed by atoms with E-state index in [1.807, 2.05) is 27.7 Å². The van der Waals surface area contributed by atoms with Crippen LogP contribution in [0.1, 0.15) is 40.5 Å². The van der Waals surface area contributed by atoms with E-state index in [-0.39, 0.29) is 35.8 Å². The Kier molecular flexibility index (Phi) is 13.3. The molecule has 8 nitrogen and oxygen atoms in total. The van der Waals surface area contributed by atoms with E-state index in [2.05, 4.69) is 20.9 Å². The van der Waals surface area contributed by atoms with E-state index >= 15 is 0 Å². The van der Waals surface area contributed by atoms with Crippen molar-refractivity contribution in [1.82, 2.24) is 16.0 Å². The first-order valence-electron chi connectivity index (χ1n) is 8.04. The third kappa shape index (κ3) is 17.8. The molecule has 25 heavy (non-hydrogen) atoms. The second kappa shape index (κ2) is 12.6. The third-order valence-electron chi connectivity index (χ3n) is 2.84. The highest BCUT2D eigenvalue weighted by Crippen LogP contribution is 2.06. The van der Waals surface area contributed by atoms with Gasteiger partial charge in [-0.05, 0) is 40.5 Å². The third-order valence-corrected chi connectivity index (χ3v) is 3.82. The molecular weight excluding hydrogens is 459 g/mol. The largest absolute Gasteiger partial charge is 0.444 e. The molecule has 0 aromatic heterocycles. The Balaban J connectivity index is 0. The minimum absolute atomic E-state index is 0. The van der Waals surface area contributed by atoms with Crippen molar-refractivity contribution in [3.8, 4) is 0 Å². The molecular formula is C15H33IN4O4S. The number of hydrogen-bond acceptors (Lipinski definition) is 5. The summed E-state index contributed by atoms with van der Waals surface area (Å²) in [6.45, 7) is 8.46. The Bertz CT molecular complexity index is 518. The molecule has 0 heterocycles. The number of nitrogens with zero attached hydrogens (tertiary/aromatic N) is 1. The fourth-order valence-electron chi connectivity index (χ4n) is 1.69. The van der Waals surface area contributed by atoms with Crippen LogP contribution in [0.15, 0.2) is 4.99 Å². The molecule has 0 aromatic carbocycles. The summed E-state index contributed by atoms with van der Waals surface area (Å²) in [6.07, 6.45) is 2.02. The van der Waals surface area contributed by atoms with E-state index in [9.17, 15) is 13.2 Å². The Labute approximate surface area is 168 Å². The number of sulfone groups is 1. The molecule has 10 heteroatoms. The van der Waals surface area contributed by atoms with Gasteiger partial charge >= 0.3 is 6.09 Å². The molecule has 1 atom stereocenters. The predicted molar refractivity (Wildman–Crippen MR) is 113 cm³/mol. The maximum atomic E-state index is 11.5. The maximum absolute atomic E-state index is 11.5. The van der Waals surface area contributed by atoms with E-state index in [4.69, 9.17) is 4.74 Å². The lowest BCUT2D eigenvalue weighted by molar-refractivity contribution is 0.0527. The maximum Gasteiger partial charge on any atom is 0.407 e. The van der Waals surface area contributed by atoms with Crippen LogP contribution in [-0.2, 0) is 14.6 Å². The Morgan fingerprint density at radius 1 is 1.20 bits per heavy atom. The van der Waals surface area contributed by atoms with E-state index in [1.54, 1.807) is 7.05 Å². The van der Waals surface area contributed by atoms with Gasteiger partial charge in [-0.15, -0.1) is 24.0 Å². The summed E-state index contributed by atoms with van der Waals surface area (Å²) in [4.78, 5) is 15.6. The van der Waals surface area contributed by atoms with Crippen molar-refractivity contribution >= 4 is 45.9 Å². The molecule has 0 aliphatic rings. The monoisotopic (exact) mass is 492 g/mol. The van der Waals surface area contributed by atoms with Crippen molar-refractivity contribution in [1.29, 1.82) is 0 Å². The number of halogens is 1. The quantitative estimate of drug-likeness (QED) is 0.205. The first-order valence-corrected chi connectivity index (χ1v) is 10.1. The number of carbonyl (C=O) groups is 1. The van der Waals surface area contributed by atoms with Crippen molar-refractivity contribution in [3.05, 3.63) is 0 Å². The van der Waals surface area contributed by atoms with Gasteiger partial charge in [0.05, 0.1) is 5.75 Å². The van der Waals surface area contributed by atoms with Gasteiger partial charge in [0.2, 0.25) is 0 Å². The van der Waals surface area contributed by atoms with Gasteiger partial charge in [0, 0.05) is 32.4 Å². The van der Waals surface area contributed by atoms with Crippen LogP contribution in [0.5, 0.6) is 0 Å². The summed E-state index contributed by atoms with van der Waals surface area (Å²) in [5, 5.41) is 8.93. The van der Waals surface area contributed by atoms with Gasteiger partial charge in [0.25, 0.3) is 0 Å². The number of aliphatic imine (C=N–C) groups is 1. The van der Waals surface area contributed by atoms with Crippen LogP contribution in [0, 0.1) is 0 Å². The Morgan fingerprint density at radius 2 is 1.76 bits per heavy atom. The van der Waals surface area contributed by atoms with Crippen LogP contribution in [0.2, 0.25) is 0 Å². The van der Waals surface area contributed by atoms with Crippen LogP contribution in [0.25, 0.3) is 0 Å². The fourth-order valence-corrected chi connectivity index (χ4v) is 2.47. The molecule has 0 aliphatic heterocycles. The zero-order valence-electron chi connectivity index (χ0n) is 16.0. The number of ether oxygens (including phenoxy) is 1. The zero-order valence-corrected chi connectivity index (χ0v) is 19.2. The molecule has 0 aromatic rings. The summed E-state index contributed by atoms with van der Waals surface area (Å²) in [6, 6.07) is -0.00851. The highest BCUT2D eigenvalue weighted by molar-refractivity contribution is 14.0. The summed E-state index contributed by atoms with van der Waals surface area (Å²) in [7, 11) is -1.31. The van der Waals surface area contributed by atoms with Crippen LogP contribution >= 0.6 is 24.0 Å². The Morgan fingerprint density at radius 3 is 2.24 bits per heavy atom. The van der Waals surface area contributed by atoms with Gasteiger partial charge in [-0.25, -0.2) is 13.2 Å². The van der Waals surface area contributed by atoms with E-state index < -0.39 is 21.5 Å². The van der Waals surface area contributed by atoms with E-state index in [0.717, 1.165) is 0 Å². The van der Waals surface area contributed by atoms with Gasteiger partial charge in [-0.2, -0.15) is 0 Å². The molecule has 0 saturated heterocycles. The topological polar surface area (TPSA) is 109 Å². The predicted octanol–water partition coefficient (Wildman–Crippen LogP) is 1.51. The number of nitrogens with one attached hydrogen (secondary N) is 3. The second-order valence-electron chi connectivity index (χ2n) is 6.75. The molecule has 0 radical (unpaired) electrons. The highest BCUT2D eigenvalue weighted by atomic mass is 127. The van der Waals surface area contributed by atoms with Crippen molar-refractivity contribution in [3.63, 3.8) is 0 Å². The number of carbonyl (C=O) groups excluding carboxylic acids is 1. The number of amides is 1. The van der Waals surface area contributed by atoms with Gasteiger partial charge in [-0.1, -0.05) is 0 Å². The molecule has 3 N–H and O–H groups in total. The lowest BCUT2D eigenvalue weighted by atomic mass is 10.2. The highest BCUT2D eigenvalue weighted by Gasteiger charge is 2.15. The molecule has 0 aliphatic carbocycles. The number of rotatable bonds is 8. The average Bonchev–Trinajstić information content (AvgIpc) is 2.40.